The first-order valence-electron chi connectivity index (χ1n) is 8.32. The number of carbonyl (C=O) groups is 1. The summed E-state index contributed by atoms with van der Waals surface area (Å²) in [6, 6.07) is 7.68. The van der Waals surface area contributed by atoms with Gasteiger partial charge in [0.15, 0.2) is 5.82 Å². The van der Waals surface area contributed by atoms with E-state index in [9.17, 15) is 18.0 Å². The molecule has 1 aromatic carbocycles. The summed E-state index contributed by atoms with van der Waals surface area (Å²) in [6.45, 7) is 0.534. The number of alkyl halides is 3. The lowest BCUT2D eigenvalue weighted by atomic mass is 10.2. The first-order valence-corrected chi connectivity index (χ1v) is 8.70. The van der Waals surface area contributed by atoms with Gasteiger partial charge in [0.25, 0.3) is 0 Å². The van der Waals surface area contributed by atoms with Crippen LogP contribution < -0.4 is 16.0 Å². The van der Waals surface area contributed by atoms with E-state index < -0.39 is 22.8 Å². The number of hydrogen-bond acceptors (Lipinski definition) is 5. The number of anilines is 2. The number of amides is 2. The van der Waals surface area contributed by atoms with Crippen LogP contribution in [0.25, 0.3) is 5.82 Å². The molecule has 0 fully saturated rings. The lowest BCUT2D eigenvalue weighted by Gasteiger charge is -2.12. The summed E-state index contributed by atoms with van der Waals surface area (Å²) in [6.07, 6.45) is -1.25. The maximum Gasteiger partial charge on any atom is 0.417 e. The summed E-state index contributed by atoms with van der Waals surface area (Å²) in [7, 11) is 0. The van der Waals surface area contributed by atoms with E-state index in [1.807, 2.05) is 0 Å². The molecule has 3 rings (SSSR count). The van der Waals surface area contributed by atoms with Crippen LogP contribution in [0.3, 0.4) is 0 Å². The molecule has 12 heteroatoms. The number of aromatic nitrogens is 4. The van der Waals surface area contributed by atoms with Crippen LogP contribution in [0, 0.1) is 0 Å². The summed E-state index contributed by atoms with van der Waals surface area (Å²) in [5.41, 5.74) is -1.04. The van der Waals surface area contributed by atoms with Gasteiger partial charge in [0.2, 0.25) is 0 Å². The van der Waals surface area contributed by atoms with Crippen molar-refractivity contribution >= 4 is 29.1 Å². The van der Waals surface area contributed by atoms with E-state index in [0.29, 0.717) is 18.2 Å². The van der Waals surface area contributed by atoms with Gasteiger partial charge in [-0.05, 0) is 36.4 Å². The number of carbonyl (C=O) groups excluding carboxylic acids is 1. The molecular weight excluding hydrogens is 411 g/mol. The minimum absolute atomic E-state index is 0.0211. The van der Waals surface area contributed by atoms with Crippen molar-refractivity contribution in [2.45, 2.75) is 6.18 Å². The van der Waals surface area contributed by atoms with Crippen molar-refractivity contribution in [1.29, 1.82) is 0 Å². The SMILES string of the molecule is O=C(NCCNc1ccc(-n2cccn2)nn1)Nc1ccc(Cl)c(C(F)(F)F)c1. The average Bonchev–Trinajstić information content (AvgIpc) is 3.21. The van der Waals surface area contributed by atoms with Crippen LogP contribution in [0.4, 0.5) is 29.5 Å². The number of nitrogens with zero attached hydrogens (tertiary/aromatic N) is 4. The van der Waals surface area contributed by atoms with E-state index >= 15 is 0 Å². The minimum atomic E-state index is -4.61. The highest BCUT2D eigenvalue weighted by molar-refractivity contribution is 6.31. The Bertz CT molecular complexity index is 962. The van der Waals surface area contributed by atoms with Gasteiger partial charge in [-0.15, -0.1) is 10.2 Å². The molecule has 0 bridgehead atoms. The molecule has 0 atom stereocenters. The molecular formula is C17H15ClF3N7O. The fraction of sp³-hybridized carbons (Fsp3) is 0.176. The number of hydrogen-bond donors (Lipinski definition) is 3. The van der Waals surface area contributed by atoms with Crippen molar-refractivity contribution in [2.24, 2.45) is 0 Å². The predicted octanol–water partition coefficient (Wildman–Crippen LogP) is 3.57. The largest absolute Gasteiger partial charge is 0.417 e. The fourth-order valence-electron chi connectivity index (χ4n) is 2.31. The van der Waals surface area contributed by atoms with Gasteiger partial charge in [-0.1, -0.05) is 11.6 Å². The molecule has 3 aromatic rings. The Hall–Kier alpha value is -3.34. The Morgan fingerprint density at radius 2 is 1.97 bits per heavy atom. The number of nitrogens with one attached hydrogen (secondary N) is 3. The fourth-order valence-corrected chi connectivity index (χ4v) is 2.53. The Morgan fingerprint density at radius 1 is 1.14 bits per heavy atom. The molecule has 0 aliphatic heterocycles. The molecule has 2 amide bonds. The zero-order valence-corrected chi connectivity index (χ0v) is 15.5. The van der Waals surface area contributed by atoms with Crippen LogP contribution in [0.15, 0.2) is 48.8 Å². The third-order valence-electron chi connectivity index (χ3n) is 3.64. The Kier molecular flexibility index (Phi) is 6.17. The highest BCUT2D eigenvalue weighted by Gasteiger charge is 2.33. The van der Waals surface area contributed by atoms with Crippen LogP contribution in [-0.2, 0) is 6.18 Å². The molecule has 0 aliphatic carbocycles. The lowest BCUT2D eigenvalue weighted by Crippen LogP contribution is -2.32. The Balaban J connectivity index is 1.44. The summed E-state index contributed by atoms with van der Waals surface area (Å²) in [4.78, 5) is 11.8. The normalized spacial score (nSPS) is 11.2. The minimum Gasteiger partial charge on any atom is -0.367 e. The molecule has 8 nitrogen and oxygen atoms in total. The molecule has 0 spiro atoms. The van der Waals surface area contributed by atoms with E-state index in [1.165, 1.54) is 6.07 Å². The van der Waals surface area contributed by atoms with Crippen LogP contribution >= 0.6 is 11.6 Å². The standard InChI is InChI=1S/C17H15ClF3N7O/c18-13-3-2-11(10-12(13)17(19,20)21)25-16(29)23-8-7-22-14-4-5-15(27-26-14)28-9-1-6-24-28/h1-6,9-10H,7-8H2,(H,22,26)(H2,23,25,29). The zero-order chi connectivity index (χ0) is 20.9. The van der Waals surface area contributed by atoms with Crippen molar-refractivity contribution in [3.63, 3.8) is 0 Å². The first kappa shape index (κ1) is 20.4. The molecule has 29 heavy (non-hydrogen) atoms. The van der Waals surface area contributed by atoms with E-state index in [0.717, 1.165) is 12.1 Å². The smallest absolute Gasteiger partial charge is 0.367 e. The van der Waals surface area contributed by atoms with E-state index in [2.05, 4.69) is 31.2 Å². The maximum atomic E-state index is 12.8. The molecule has 2 heterocycles. The highest BCUT2D eigenvalue weighted by atomic mass is 35.5. The number of urea groups is 1. The van der Waals surface area contributed by atoms with Crippen molar-refractivity contribution in [3.8, 4) is 5.82 Å². The summed E-state index contributed by atoms with van der Waals surface area (Å²) in [5.74, 6) is 1.05. The number of benzene rings is 1. The maximum absolute atomic E-state index is 12.8. The second kappa shape index (κ2) is 8.78. The van der Waals surface area contributed by atoms with E-state index in [4.69, 9.17) is 11.6 Å². The predicted molar refractivity (Wildman–Crippen MR) is 101 cm³/mol. The van der Waals surface area contributed by atoms with Gasteiger partial charge in [-0.3, -0.25) is 0 Å². The van der Waals surface area contributed by atoms with Crippen LogP contribution in [0.1, 0.15) is 5.56 Å². The summed E-state index contributed by atoms with van der Waals surface area (Å²) in [5, 5.41) is 19.4. The van der Waals surface area contributed by atoms with Gasteiger partial charge in [-0.2, -0.15) is 18.3 Å². The van der Waals surface area contributed by atoms with Crippen molar-refractivity contribution < 1.29 is 18.0 Å². The van der Waals surface area contributed by atoms with Crippen LogP contribution in [-0.4, -0.2) is 39.1 Å². The van der Waals surface area contributed by atoms with Gasteiger partial charge in [0, 0.05) is 31.2 Å². The van der Waals surface area contributed by atoms with Gasteiger partial charge < -0.3 is 16.0 Å². The average molecular weight is 426 g/mol. The summed E-state index contributed by atoms with van der Waals surface area (Å²) >= 11 is 5.54. The molecule has 2 aromatic heterocycles. The quantitative estimate of drug-likeness (QED) is 0.525. The Labute approximate surface area is 168 Å². The zero-order valence-electron chi connectivity index (χ0n) is 14.7. The van der Waals surface area contributed by atoms with Gasteiger partial charge in [0.1, 0.15) is 5.82 Å². The van der Waals surface area contributed by atoms with Gasteiger partial charge >= 0.3 is 12.2 Å². The molecule has 0 aliphatic rings. The van der Waals surface area contributed by atoms with Crippen LogP contribution in [0.2, 0.25) is 5.02 Å². The molecule has 0 radical (unpaired) electrons. The topological polar surface area (TPSA) is 96.8 Å². The molecule has 0 unspecified atom stereocenters. The molecule has 3 N–H and O–H groups in total. The second-order valence-corrected chi connectivity index (χ2v) is 6.13. The van der Waals surface area contributed by atoms with E-state index in [-0.39, 0.29) is 12.2 Å². The van der Waals surface area contributed by atoms with Crippen LogP contribution in [0.5, 0.6) is 0 Å². The third kappa shape index (κ3) is 5.57. The summed E-state index contributed by atoms with van der Waals surface area (Å²) < 4.78 is 40.1. The Morgan fingerprint density at radius 3 is 2.62 bits per heavy atom. The second-order valence-electron chi connectivity index (χ2n) is 5.73. The molecule has 152 valence electrons. The van der Waals surface area contributed by atoms with Gasteiger partial charge in [-0.25, -0.2) is 9.48 Å². The van der Waals surface area contributed by atoms with Crippen molar-refractivity contribution in [1.82, 2.24) is 25.3 Å². The van der Waals surface area contributed by atoms with Crippen molar-refractivity contribution in [2.75, 3.05) is 23.7 Å². The van der Waals surface area contributed by atoms with E-state index in [1.54, 1.807) is 35.3 Å². The van der Waals surface area contributed by atoms with Crippen molar-refractivity contribution in [3.05, 3.63) is 59.4 Å². The number of rotatable bonds is 6. The lowest BCUT2D eigenvalue weighted by molar-refractivity contribution is -0.137. The monoisotopic (exact) mass is 425 g/mol. The third-order valence-corrected chi connectivity index (χ3v) is 3.97. The molecule has 0 saturated carbocycles. The number of halogens is 4. The molecule has 0 saturated heterocycles. The first-order chi connectivity index (χ1) is 13.8. The highest BCUT2D eigenvalue weighted by Crippen LogP contribution is 2.36. The van der Waals surface area contributed by atoms with Gasteiger partial charge in [0.05, 0.1) is 10.6 Å².